The van der Waals surface area contributed by atoms with E-state index in [0.717, 1.165) is 18.8 Å². The van der Waals surface area contributed by atoms with Crippen molar-refractivity contribution in [1.82, 2.24) is 0 Å². The van der Waals surface area contributed by atoms with Gasteiger partial charge in [-0.15, -0.1) is 0 Å². The average molecular weight is 373 g/mol. The number of carbonyl (C=O) groups is 1. The van der Waals surface area contributed by atoms with Gasteiger partial charge in [0.15, 0.2) is 0 Å². The SMILES string of the molecule is CCCCCCCCC1C(Br)=C1CCCCCCCC(=O)O. The van der Waals surface area contributed by atoms with Gasteiger partial charge in [0.25, 0.3) is 0 Å². The molecule has 0 spiro atoms. The van der Waals surface area contributed by atoms with Crippen LogP contribution in [-0.2, 0) is 4.79 Å². The molecule has 1 rings (SSSR count). The van der Waals surface area contributed by atoms with Crippen molar-refractivity contribution >= 4 is 21.9 Å². The zero-order valence-corrected chi connectivity index (χ0v) is 15.8. The molecule has 0 amide bonds. The highest BCUT2D eigenvalue weighted by atomic mass is 79.9. The molecule has 0 fully saturated rings. The van der Waals surface area contributed by atoms with E-state index in [0.29, 0.717) is 6.42 Å². The summed E-state index contributed by atoms with van der Waals surface area (Å²) in [5, 5.41) is 8.58. The highest BCUT2D eigenvalue weighted by Gasteiger charge is 2.32. The van der Waals surface area contributed by atoms with E-state index in [4.69, 9.17) is 5.11 Å². The Labute approximate surface area is 144 Å². The summed E-state index contributed by atoms with van der Waals surface area (Å²) in [5.74, 6) is 0.114. The van der Waals surface area contributed by atoms with E-state index in [1.165, 1.54) is 75.1 Å². The van der Waals surface area contributed by atoms with Crippen LogP contribution in [0.3, 0.4) is 0 Å². The van der Waals surface area contributed by atoms with Gasteiger partial charge in [0, 0.05) is 16.8 Å². The molecule has 0 radical (unpaired) electrons. The second-order valence-electron chi connectivity index (χ2n) is 6.64. The quantitative estimate of drug-likeness (QED) is 0.319. The summed E-state index contributed by atoms with van der Waals surface area (Å²) in [6.07, 6.45) is 16.8. The van der Waals surface area contributed by atoms with E-state index in [9.17, 15) is 4.79 Å². The maximum absolute atomic E-state index is 10.4. The third-order valence-corrected chi connectivity index (χ3v) is 5.70. The van der Waals surface area contributed by atoms with Crippen LogP contribution < -0.4 is 0 Å². The first-order chi connectivity index (χ1) is 10.7. The summed E-state index contributed by atoms with van der Waals surface area (Å²) in [4.78, 5) is 10.4. The lowest BCUT2D eigenvalue weighted by Gasteiger charge is -2.02. The van der Waals surface area contributed by atoms with Crippen LogP contribution in [0, 0.1) is 5.92 Å². The largest absolute Gasteiger partial charge is 0.481 e. The molecule has 0 aromatic carbocycles. The van der Waals surface area contributed by atoms with Crippen molar-refractivity contribution in [3.05, 3.63) is 10.1 Å². The topological polar surface area (TPSA) is 37.3 Å². The number of hydrogen-bond acceptors (Lipinski definition) is 1. The second-order valence-corrected chi connectivity index (χ2v) is 7.50. The van der Waals surface area contributed by atoms with Gasteiger partial charge in [-0.25, -0.2) is 0 Å². The molecule has 0 aromatic heterocycles. The molecular formula is C19H33BrO2. The third-order valence-electron chi connectivity index (χ3n) is 4.63. The lowest BCUT2D eigenvalue weighted by Crippen LogP contribution is -1.93. The summed E-state index contributed by atoms with van der Waals surface area (Å²) in [6, 6.07) is 0. The predicted molar refractivity (Wildman–Crippen MR) is 97.4 cm³/mol. The van der Waals surface area contributed by atoms with Gasteiger partial charge in [0.05, 0.1) is 0 Å². The van der Waals surface area contributed by atoms with Gasteiger partial charge in [-0.2, -0.15) is 0 Å². The standard InChI is InChI=1S/C19H33BrO2/c1-2-3-4-5-7-10-13-16-17(19(16)20)14-11-8-6-9-12-15-18(21)22/h16H,2-15H2,1H3,(H,21,22). The number of allylic oxidation sites excluding steroid dienone is 2. The number of carboxylic acids is 1. The van der Waals surface area contributed by atoms with Gasteiger partial charge < -0.3 is 5.11 Å². The van der Waals surface area contributed by atoms with Crippen molar-refractivity contribution in [2.45, 2.75) is 96.8 Å². The van der Waals surface area contributed by atoms with Gasteiger partial charge >= 0.3 is 5.97 Å². The molecule has 0 heterocycles. The van der Waals surface area contributed by atoms with Crippen molar-refractivity contribution in [3.8, 4) is 0 Å². The smallest absolute Gasteiger partial charge is 0.303 e. The van der Waals surface area contributed by atoms with Crippen molar-refractivity contribution in [1.29, 1.82) is 0 Å². The highest BCUT2D eigenvalue weighted by molar-refractivity contribution is 9.12. The maximum Gasteiger partial charge on any atom is 0.303 e. The molecule has 0 saturated heterocycles. The molecule has 0 aliphatic heterocycles. The summed E-state index contributed by atoms with van der Waals surface area (Å²) < 4.78 is 1.49. The first-order valence-electron chi connectivity index (χ1n) is 9.27. The molecule has 2 nitrogen and oxygen atoms in total. The van der Waals surface area contributed by atoms with Crippen LogP contribution in [0.5, 0.6) is 0 Å². The zero-order chi connectivity index (χ0) is 16.2. The minimum absolute atomic E-state index is 0.330. The molecule has 1 aliphatic carbocycles. The van der Waals surface area contributed by atoms with E-state index >= 15 is 0 Å². The van der Waals surface area contributed by atoms with Crippen molar-refractivity contribution in [2.24, 2.45) is 5.92 Å². The number of rotatable bonds is 15. The van der Waals surface area contributed by atoms with Crippen LogP contribution in [0.15, 0.2) is 10.1 Å². The molecule has 1 unspecified atom stereocenters. The fraction of sp³-hybridized carbons (Fsp3) is 0.842. The molecule has 0 saturated carbocycles. The molecular weight excluding hydrogens is 340 g/mol. The summed E-state index contributed by atoms with van der Waals surface area (Å²) in [7, 11) is 0. The number of hydrogen-bond donors (Lipinski definition) is 1. The normalized spacial score (nSPS) is 17.1. The molecule has 3 heteroatoms. The highest BCUT2D eigenvalue weighted by Crippen LogP contribution is 2.49. The van der Waals surface area contributed by atoms with Crippen LogP contribution in [0.25, 0.3) is 0 Å². The lowest BCUT2D eigenvalue weighted by atomic mass is 10.0. The lowest BCUT2D eigenvalue weighted by molar-refractivity contribution is -0.137. The molecule has 0 bridgehead atoms. The van der Waals surface area contributed by atoms with E-state index in [-0.39, 0.29) is 0 Å². The minimum Gasteiger partial charge on any atom is -0.481 e. The Morgan fingerprint density at radius 2 is 1.55 bits per heavy atom. The Bertz CT molecular complexity index is 349. The first-order valence-corrected chi connectivity index (χ1v) is 10.1. The van der Waals surface area contributed by atoms with Gasteiger partial charge in [0.2, 0.25) is 0 Å². The number of unbranched alkanes of at least 4 members (excludes halogenated alkanes) is 9. The van der Waals surface area contributed by atoms with E-state index in [2.05, 4.69) is 22.9 Å². The molecule has 0 aromatic rings. The fourth-order valence-electron chi connectivity index (χ4n) is 3.13. The second kappa shape index (κ2) is 12.2. The van der Waals surface area contributed by atoms with E-state index in [1.807, 2.05) is 0 Å². The Hall–Kier alpha value is -0.310. The van der Waals surface area contributed by atoms with Gasteiger partial charge in [-0.1, -0.05) is 86.2 Å². The minimum atomic E-state index is -0.662. The van der Waals surface area contributed by atoms with E-state index < -0.39 is 5.97 Å². The predicted octanol–water partition coefficient (Wildman–Crippen LogP) is 6.83. The molecule has 1 aliphatic rings. The van der Waals surface area contributed by atoms with Crippen LogP contribution in [0.4, 0.5) is 0 Å². The zero-order valence-electron chi connectivity index (χ0n) is 14.2. The summed E-state index contributed by atoms with van der Waals surface area (Å²) in [6.45, 7) is 2.27. The third kappa shape index (κ3) is 8.97. The van der Waals surface area contributed by atoms with Gasteiger partial charge in [-0.05, 0) is 25.7 Å². The average Bonchev–Trinajstić information content (AvgIpc) is 3.10. The van der Waals surface area contributed by atoms with Crippen molar-refractivity contribution in [3.63, 3.8) is 0 Å². The summed E-state index contributed by atoms with van der Waals surface area (Å²) in [5.41, 5.74) is 1.67. The van der Waals surface area contributed by atoms with Crippen molar-refractivity contribution < 1.29 is 9.90 Å². The Balaban J connectivity index is 1.89. The molecule has 1 atom stereocenters. The Morgan fingerprint density at radius 3 is 2.23 bits per heavy atom. The van der Waals surface area contributed by atoms with Crippen LogP contribution in [0.1, 0.15) is 96.8 Å². The van der Waals surface area contributed by atoms with Gasteiger partial charge in [0.1, 0.15) is 0 Å². The molecule has 22 heavy (non-hydrogen) atoms. The number of halogens is 1. The van der Waals surface area contributed by atoms with E-state index in [1.54, 1.807) is 5.57 Å². The Kier molecular flexibility index (Phi) is 10.9. The maximum atomic E-state index is 10.4. The van der Waals surface area contributed by atoms with Gasteiger partial charge in [-0.3, -0.25) is 4.79 Å². The summed E-state index contributed by atoms with van der Waals surface area (Å²) >= 11 is 3.73. The van der Waals surface area contributed by atoms with Crippen LogP contribution >= 0.6 is 15.9 Å². The number of aliphatic carboxylic acids is 1. The fourth-order valence-corrected chi connectivity index (χ4v) is 4.00. The van der Waals surface area contributed by atoms with Crippen LogP contribution in [-0.4, -0.2) is 11.1 Å². The monoisotopic (exact) mass is 372 g/mol. The number of carboxylic acid groups (broad SMARTS) is 1. The first kappa shape index (κ1) is 19.7. The van der Waals surface area contributed by atoms with Crippen molar-refractivity contribution in [2.75, 3.05) is 0 Å². The van der Waals surface area contributed by atoms with Crippen LogP contribution in [0.2, 0.25) is 0 Å². The molecule has 128 valence electrons. The Morgan fingerprint density at radius 1 is 0.955 bits per heavy atom. The molecule has 1 N–H and O–H groups in total.